The van der Waals surface area contributed by atoms with Crippen LogP contribution < -0.4 is 4.90 Å². The molecule has 0 amide bonds. The van der Waals surface area contributed by atoms with Gasteiger partial charge in [-0.3, -0.25) is 4.90 Å². The van der Waals surface area contributed by atoms with Gasteiger partial charge in [-0.2, -0.15) is 0 Å². The molecule has 0 bridgehead atoms. The van der Waals surface area contributed by atoms with E-state index in [1.54, 1.807) is 0 Å². The molecule has 1 unspecified atom stereocenters. The smallest absolute Gasteiger partial charge is 0.150 e. The number of alkyl halides is 1. The minimum atomic E-state index is -1.35. The molecule has 10 rings (SSSR count). The molecule has 0 saturated heterocycles. The number of benzene rings is 6. The fourth-order valence-corrected chi connectivity index (χ4v) is 8.57. The summed E-state index contributed by atoms with van der Waals surface area (Å²) in [4.78, 5) is 12.0. The molecule has 0 saturated carbocycles. The Morgan fingerprint density at radius 3 is 2.21 bits per heavy atom. The van der Waals surface area contributed by atoms with Crippen molar-refractivity contribution in [1.82, 2.24) is 19.1 Å². The van der Waals surface area contributed by atoms with Crippen molar-refractivity contribution in [3.63, 3.8) is 0 Å². The van der Waals surface area contributed by atoms with Crippen LogP contribution in [0.3, 0.4) is 0 Å². The molecule has 0 N–H and O–H groups in total. The van der Waals surface area contributed by atoms with E-state index in [9.17, 15) is 0 Å². The van der Waals surface area contributed by atoms with Crippen molar-refractivity contribution < 1.29 is 4.39 Å². The molecular weight excluding hydrogens is 654 g/mol. The van der Waals surface area contributed by atoms with Gasteiger partial charge >= 0.3 is 0 Å². The van der Waals surface area contributed by atoms with Crippen molar-refractivity contribution in [1.29, 1.82) is 0 Å². The average molecular weight is 690 g/mol. The highest BCUT2D eigenvalue weighted by molar-refractivity contribution is 6.14. The molecule has 53 heavy (non-hydrogen) atoms. The summed E-state index contributed by atoms with van der Waals surface area (Å²) in [5, 5.41) is 2.41. The van der Waals surface area contributed by atoms with Gasteiger partial charge < -0.3 is 9.13 Å². The number of fused-ring (bicyclic) bond motifs is 7. The van der Waals surface area contributed by atoms with Crippen molar-refractivity contribution in [2.75, 3.05) is 4.90 Å². The summed E-state index contributed by atoms with van der Waals surface area (Å²) in [7, 11) is 2.01. The van der Waals surface area contributed by atoms with E-state index in [1.807, 2.05) is 86.0 Å². The standard InChI is InChI=1S/C47H36FN5/c1-47(2)35-24-23-31(45(48)30-14-13-15-32(28-30)46-50-36-19-8-10-21-38(36)51(46)3)29-41(35)53(42-22-11-12-27-49-42)40-26-25-39-43(44(40)47)34-18-7-9-20-37(34)52(39)33-16-5-4-6-17-33/h4-29,45H,1-3H3. The summed E-state index contributed by atoms with van der Waals surface area (Å²) in [6.45, 7) is 4.59. The Morgan fingerprint density at radius 1 is 0.642 bits per heavy atom. The minimum absolute atomic E-state index is 0.425. The summed E-state index contributed by atoms with van der Waals surface area (Å²) < 4.78 is 21.4. The van der Waals surface area contributed by atoms with E-state index in [1.165, 1.54) is 16.3 Å². The van der Waals surface area contributed by atoms with Gasteiger partial charge in [-0.15, -0.1) is 0 Å². The maximum Gasteiger partial charge on any atom is 0.150 e. The molecule has 4 heterocycles. The van der Waals surface area contributed by atoms with E-state index in [4.69, 9.17) is 9.97 Å². The van der Waals surface area contributed by atoms with Crippen molar-refractivity contribution in [2.24, 2.45) is 7.05 Å². The molecule has 9 aromatic rings. The van der Waals surface area contributed by atoms with Gasteiger partial charge in [0.25, 0.3) is 0 Å². The lowest BCUT2D eigenvalue weighted by Gasteiger charge is -2.42. The topological polar surface area (TPSA) is 38.9 Å². The number of anilines is 3. The number of nitrogens with zero attached hydrogens (tertiary/aromatic N) is 5. The Morgan fingerprint density at radius 2 is 1.40 bits per heavy atom. The number of halogens is 1. The van der Waals surface area contributed by atoms with Crippen molar-refractivity contribution >= 4 is 50.0 Å². The Kier molecular flexibility index (Phi) is 6.92. The lowest BCUT2D eigenvalue weighted by Crippen LogP contribution is -2.31. The summed E-state index contributed by atoms with van der Waals surface area (Å²) in [6.07, 6.45) is 0.471. The van der Waals surface area contributed by atoms with Crippen LogP contribution in [0.5, 0.6) is 0 Å². The zero-order valence-corrected chi connectivity index (χ0v) is 29.7. The molecule has 0 spiro atoms. The van der Waals surface area contributed by atoms with Gasteiger partial charge in [-0.1, -0.05) is 98.8 Å². The Bertz CT molecular complexity index is 2850. The van der Waals surface area contributed by atoms with Gasteiger partial charge in [-0.05, 0) is 89.0 Å². The zero-order valence-electron chi connectivity index (χ0n) is 29.7. The van der Waals surface area contributed by atoms with Crippen LogP contribution in [-0.4, -0.2) is 19.1 Å². The van der Waals surface area contributed by atoms with E-state index < -0.39 is 11.6 Å². The molecule has 0 fully saturated rings. The first-order valence-corrected chi connectivity index (χ1v) is 18.0. The van der Waals surface area contributed by atoms with Gasteiger partial charge in [0.2, 0.25) is 0 Å². The highest BCUT2D eigenvalue weighted by atomic mass is 19.1. The van der Waals surface area contributed by atoms with Crippen LogP contribution in [0, 0.1) is 0 Å². The van der Waals surface area contributed by atoms with E-state index in [-0.39, 0.29) is 0 Å². The summed E-state index contributed by atoms with van der Waals surface area (Å²) in [5.74, 6) is 1.60. The third-order valence-electron chi connectivity index (χ3n) is 11.0. The highest BCUT2D eigenvalue weighted by Crippen LogP contribution is 2.55. The van der Waals surface area contributed by atoms with Crippen LogP contribution in [0.1, 0.15) is 42.3 Å². The second kappa shape index (κ2) is 11.8. The Labute approximate surface area is 307 Å². The van der Waals surface area contributed by atoms with Gasteiger partial charge in [0.1, 0.15) is 11.6 Å². The number of para-hydroxylation sites is 4. The Balaban J connectivity index is 1.15. The third kappa shape index (κ3) is 4.68. The van der Waals surface area contributed by atoms with E-state index >= 15 is 4.39 Å². The highest BCUT2D eigenvalue weighted by Gasteiger charge is 2.40. The number of aromatic nitrogens is 4. The molecule has 1 aliphatic rings. The molecule has 256 valence electrons. The van der Waals surface area contributed by atoms with Crippen molar-refractivity contribution in [3.8, 4) is 17.1 Å². The first kappa shape index (κ1) is 31.2. The maximum atomic E-state index is 16.9. The predicted octanol–water partition coefficient (Wildman–Crippen LogP) is 11.9. The van der Waals surface area contributed by atoms with Crippen molar-refractivity contribution in [3.05, 3.63) is 180 Å². The van der Waals surface area contributed by atoms with Gasteiger partial charge in [0.15, 0.2) is 6.17 Å². The second-order valence-electron chi connectivity index (χ2n) is 14.4. The fourth-order valence-electron chi connectivity index (χ4n) is 8.57. The van der Waals surface area contributed by atoms with Crippen LogP contribution in [0.25, 0.3) is 49.9 Å². The lowest BCUT2D eigenvalue weighted by atomic mass is 9.71. The number of hydrogen-bond acceptors (Lipinski definition) is 3. The molecule has 6 aromatic carbocycles. The van der Waals surface area contributed by atoms with Gasteiger partial charge in [0.05, 0.1) is 33.4 Å². The molecule has 0 radical (unpaired) electrons. The minimum Gasteiger partial charge on any atom is -0.327 e. The van der Waals surface area contributed by atoms with E-state index in [0.29, 0.717) is 11.1 Å². The number of rotatable bonds is 5. The lowest BCUT2D eigenvalue weighted by molar-refractivity contribution is 0.402. The van der Waals surface area contributed by atoms with E-state index in [2.05, 4.69) is 107 Å². The summed E-state index contributed by atoms with van der Waals surface area (Å²) >= 11 is 0. The maximum absolute atomic E-state index is 16.9. The normalized spacial score (nSPS) is 14.1. The third-order valence-corrected chi connectivity index (χ3v) is 11.0. The van der Waals surface area contributed by atoms with Crippen LogP contribution in [0.15, 0.2) is 158 Å². The van der Waals surface area contributed by atoms with Crippen LogP contribution >= 0.6 is 0 Å². The fraction of sp³-hybridized carbons (Fsp3) is 0.106. The molecular formula is C47H36FN5. The molecule has 1 aliphatic heterocycles. The van der Waals surface area contributed by atoms with Crippen LogP contribution in [0.2, 0.25) is 0 Å². The van der Waals surface area contributed by atoms with E-state index in [0.717, 1.165) is 61.9 Å². The summed E-state index contributed by atoms with van der Waals surface area (Å²) in [5.41, 5.74) is 11.3. The number of aryl methyl sites for hydroxylation is 1. The number of pyridine rings is 1. The van der Waals surface area contributed by atoms with Gasteiger partial charge in [-0.25, -0.2) is 14.4 Å². The summed E-state index contributed by atoms with van der Waals surface area (Å²) in [6, 6.07) is 51.5. The van der Waals surface area contributed by atoms with Crippen molar-refractivity contribution in [2.45, 2.75) is 25.4 Å². The second-order valence-corrected chi connectivity index (χ2v) is 14.4. The SMILES string of the molecule is Cn1c(-c2cccc(C(F)c3ccc4c(c3)N(c3ccccn3)c3ccc5c(c3C4(C)C)c3ccccc3n5-c3ccccc3)c2)nc2ccccc21. The molecule has 3 aromatic heterocycles. The molecule has 6 heteroatoms. The number of imidazole rings is 1. The molecule has 0 aliphatic carbocycles. The molecule has 1 atom stereocenters. The van der Waals surface area contributed by atoms with Crippen LogP contribution in [0.4, 0.5) is 21.6 Å². The Hall–Kier alpha value is -6.53. The monoisotopic (exact) mass is 689 g/mol. The average Bonchev–Trinajstić information content (AvgIpc) is 3.72. The molecule has 5 nitrogen and oxygen atoms in total. The largest absolute Gasteiger partial charge is 0.327 e. The van der Waals surface area contributed by atoms with Crippen LogP contribution in [-0.2, 0) is 12.5 Å². The predicted molar refractivity (Wildman–Crippen MR) is 214 cm³/mol. The zero-order chi connectivity index (χ0) is 35.8. The quantitative estimate of drug-likeness (QED) is 0.181. The first-order chi connectivity index (χ1) is 25.9. The first-order valence-electron chi connectivity index (χ1n) is 18.0. The number of hydrogen-bond donors (Lipinski definition) is 0. The van der Waals surface area contributed by atoms with Gasteiger partial charge in [0, 0.05) is 40.7 Å².